The molecule has 0 atom stereocenters. The fourth-order valence-corrected chi connectivity index (χ4v) is 2.99. The number of hydrogen-bond acceptors (Lipinski definition) is 0. The smallest absolute Gasteiger partial charge is 0.00132 e. The van der Waals surface area contributed by atoms with Gasteiger partial charge in [-0.25, -0.2) is 0 Å². The lowest BCUT2D eigenvalue weighted by Gasteiger charge is -2.09. The van der Waals surface area contributed by atoms with E-state index in [0.717, 1.165) is 6.42 Å². The van der Waals surface area contributed by atoms with Crippen LogP contribution in [0.25, 0.3) is 11.1 Å². The van der Waals surface area contributed by atoms with Gasteiger partial charge in [0.1, 0.15) is 0 Å². The molecular formula is C16H16. The van der Waals surface area contributed by atoms with Crippen molar-refractivity contribution in [1.82, 2.24) is 0 Å². The molecular weight excluding hydrogens is 192 g/mol. The molecule has 0 bridgehead atoms. The van der Waals surface area contributed by atoms with E-state index in [0.29, 0.717) is 0 Å². The summed E-state index contributed by atoms with van der Waals surface area (Å²) < 4.78 is 0. The van der Waals surface area contributed by atoms with Crippen molar-refractivity contribution in [2.75, 3.05) is 0 Å². The Hall–Kier alpha value is -1.56. The highest BCUT2D eigenvalue weighted by atomic mass is 14.2. The summed E-state index contributed by atoms with van der Waals surface area (Å²) in [4.78, 5) is 0. The maximum Gasteiger partial charge on any atom is -0.00132 e. The quantitative estimate of drug-likeness (QED) is 0.520. The van der Waals surface area contributed by atoms with E-state index in [1.807, 2.05) is 0 Å². The number of rotatable bonds is 0. The zero-order valence-electron chi connectivity index (χ0n) is 10.1. The summed E-state index contributed by atoms with van der Waals surface area (Å²) in [6.07, 6.45) is 1.11. The second-order valence-corrected chi connectivity index (χ2v) is 4.90. The van der Waals surface area contributed by atoms with Crippen molar-refractivity contribution in [3.8, 4) is 11.1 Å². The van der Waals surface area contributed by atoms with Crippen molar-refractivity contribution in [1.29, 1.82) is 0 Å². The van der Waals surface area contributed by atoms with Gasteiger partial charge in [0.2, 0.25) is 0 Å². The van der Waals surface area contributed by atoms with Gasteiger partial charge in [0.15, 0.2) is 0 Å². The topological polar surface area (TPSA) is 0 Å². The molecule has 0 amide bonds. The van der Waals surface area contributed by atoms with Crippen LogP contribution in [0, 0.1) is 20.8 Å². The summed E-state index contributed by atoms with van der Waals surface area (Å²) in [5.74, 6) is 0. The summed E-state index contributed by atoms with van der Waals surface area (Å²) in [6.45, 7) is 6.63. The Morgan fingerprint density at radius 3 is 2.38 bits per heavy atom. The lowest BCUT2D eigenvalue weighted by molar-refractivity contribution is 1.23. The molecule has 0 heteroatoms. The SMILES string of the molecule is Cc1cc(C)c2c(c1)Cc1cccc(C)c1-2. The zero-order chi connectivity index (χ0) is 11.3. The fourth-order valence-electron chi connectivity index (χ4n) is 2.99. The van der Waals surface area contributed by atoms with E-state index < -0.39 is 0 Å². The minimum Gasteiger partial charge on any atom is -0.0617 e. The minimum atomic E-state index is 1.11. The average Bonchev–Trinajstić information content (AvgIpc) is 2.56. The van der Waals surface area contributed by atoms with Crippen molar-refractivity contribution in [2.24, 2.45) is 0 Å². The van der Waals surface area contributed by atoms with Crippen LogP contribution in [0.4, 0.5) is 0 Å². The van der Waals surface area contributed by atoms with Crippen LogP contribution < -0.4 is 0 Å². The molecule has 3 rings (SSSR count). The van der Waals surface area contributed by atoms with Crippen LogP contribution in [0.1, 0.15) is 27.8 Å². The average molecular weight is 208 g/mol. The first kappa shape index (κ1) is 9.65. The van der Waals surface area contributed by atoms with Crippen LogP contribution in [-0.2, 0) is 6.42 Å². The van der Waals surface area contributed by atoms with Gasteiger partial charge in [0.05, 0.1) is 0 Å². The van der Waals surface area contributed by atoms with Crippen LogP contribution in [0.2, 0.25) is 0 Å². The standard InChI is InChI=1S/C16H16/c1-10-7-12(3)16-14(8-10)9-13-6-4-5-11(2)15(13)16/h4-8H,9H2,1-3H3. The maximum atomic E-state index is 2.34. The molecule has 0 saturated carbocycles. The van der Waals surface area contributed by atoms with Gasteiger partial charge in [-0.1, -0.05) is 35.9 Å². The van der Waals surface area contributed by atoms with Crippen molar-refractivity contribution in [3.05, 3.63) is 58.1 Å². The van der Waals surface area contributed by atoms with E-state index in [4.69, 9.17) is 0 Å². The molecule has 1 aliphatic carbocycles. The molecule has 0 heterocycles. The molecule has 0 N–H and O–H groups in total. The molecule has 0 saturated heterocycles. The van der Waals surface area contributed by atoms with Crippen LogP contribution in [0.5, 0.6) is 0 Å². The Bertz CT molecular complexity index is 577. The Morgan fingerprint density at radius 2 is 1.56 bits per heavy atom. The van der Waals surface area contributed by atoms with Gasteiger partial charge < -0.3 is 0 Å². The van der Waals surface area contributed by atoms with Crippen LogP contribution >= 0.6 is 0 Å². The zero-order valence-corrected chi connectivity index (χ0v) is 10.1. The largest absolute Gasteiger partial charge is 0.0617 e. The van der Waals surface area contributed by atoms with E-state index in [-0.39, 0.29) is 0 Å². The van der Waals surface area contributed by atoms with Crippen molar-refractivity contribution in [3.63, 3.8) is 0 Å². The lowest BCUT2D eigenvalue weighted by atomic mass is 9.95. The van der Waals surface area contributed by atoms with E-state index >= 15 is 0 Å². The second-order valence-electron chi connectivity index (χ2n) is 4.90. The third-order valence-electron chi connectivity index (χ3n) is 3.55. The summed E-state index contributed by atoms with van der Waals surface area (Å²) in [5.41, 5.74) is 10.2. The highest BCUT2D eigenvalue weighted by Crippen LogP contribution is 2.41. The van der Waals surface area contributed by atoms with E-state index in [1.54, 1.807) is 0 Å². The molecule has 80 valence electrons. The molecule has 0 spiro atoms. The predicted molar refractivity (Wildman–Crippen MR) is 68.9 cm³/mol. The van der Waals surface area contributed by atoms with Crippen LogP contribution in [-0.4, -0.2) is 0 Å². The fraction of sp³-hybridized carbons (Fsp3) is 0.250. The number of aryl methyl sites for hydroxylation is 3. The number of benzene rings is 2. The Labute approximate surface area is 96.9 Å². The first-order valence-electron chi connectivity index (χ1n) is 5.86. The van der Waals surface area contributed by atoms with Gasteiger partial charge in [-0.15, -0.1) is 0 Å². The first-order valence-corrected chi connectivity index (χ1v) is 5.86. The van der Waals surface area contributed by atoms with Crippen LogP contribution in [0.3, 0.4) is 0 Å². The molecule has 0 nitrogen and oxygen atoms in total. The normalized spacial score (nSPS) is 12.4. The van der Waals surface area contributed by atoms with E-state index in [1.165, 1.54) is 38.9 Å². The maximum absolute atomic E-state index is 2.34. The van der Waals surface area contributed by atoms with Crippen molar-refractivity contribution in [2.45, 2.75) is 27.2 Å². The van der Waals surface area contributed by atoms with E-state index in [9.17, 15) is 0 Å². The summed E-state index contributed by atoms with van der Waals surface area (Å²) in [5, 5.41) is 0. The molecule has 0 unspecified atom stereocenters. The molecule has 2 aromatic rings. The summed E-state index contributed by atoms with van der Waals surface area (Å²) in [6, 6.07) is 11.3. The Balaban J connectivity index is 2.36. The Morgan fingerprint density at radius 1 is 0.812 bits per heavy atom. The van der Waals surface area contributed by atoms with Gasteiger partial charge >= 0.3 is 0 Å². The number of hydrogen-bond donors (Lipinski definition) is 0. The minimum absolute atomic E-state index is 1.11. The highest BCUT2D eigenvalue weighted by molar-refractivity contribution is 5.82. The summed E-state index contributed by atoms with van der Waals surface area (Å²) >= 11 is 0. The molecule has 2 aromatic carbocycles. The monoisotopic (exact) mass is 208 g/mol. The van der Waals surface area contributed by atoms with Gasteiger partial charge in [-0.2, -0.15) is 0 Å². The molecule has 0 aromatic heterocycles. The van der Waals surface area contributed by atoms with Gasteiger partial charge in [0.25, 0.3) is 0 Å². The second kappa shape index (κ2) is 3.21. The first-order chi connectivity index (χ1) is 7.66. The van der Waals surface area contributed by atoms with Gasteiger partial charge in [-0.05, 0) is 60.6 Å². The van der Waals surface area contributed by atoms with Crippen molar-refractivity contribution < 1.29 is 0 Å². The third-order valence-corrected chi connectivity index (χ3v) is 3.55. The van der Waals surface area contributed by atoms with Gasteiger partial charge in [-0.3, -0.25) is 0 Å². The Kier molecular flexibility index (Phi) is 1.94. The molecule has 0 radical (unpaired) electrons. The molecule has 0 fully saturated rings. The highest BCUT2D eigenvalue weighted by Gasteiger charge is 2.21. The van der Waals surface area contributed by atoms with Gasteiger partial charge in [0, 0.05) is 0 Å². The molecule has 16 heavy (non-hydrogen) atoms. The van der Waals surface area contributed by atoms with Crippen LogP contribution in [0.15, 0.2) is 30.3 Å². The molecule has 1 aliphatic rings. The summed E-state index contributed by atoms with van der Waals surface area (Å²) in [7, 11) is 0. The van der Waals surface area contributed by atoms with Crippen molar-refractivity contribution >= 4 is 0 Å². The third kappa shape index (κ3) is 1.23. The number of fused-ring (bicyclic) bond motifs is 3. The predicted octanol–water partition coefficient (Wildman–Crippen LogP) is 4.18. The lowest BCUT2D eigenvalue weighted by Crippen LogP contribution is -1.87. The van der Waals surface area contributed by atoms with E-state index in [2.05, 4.69) is 51.1 Å². The molecule has 0 aliphatic heterocycles.